The predicted octanol–water partition coefficient (Wildman–Crippen LogP) is -1.66. The van der Waals surface area contributed by atoms with Crippen LogP contribution in [0.1, 0.15) is 1.43 Å². The Kier molecular flexibility index (Phi) is 5.30. The summed E-state index contributed by atoms with van der Waals surface area (Å²) in [5, 5.41) is 0. The summed E-state index contributed by atoms with van der Waals surface area (Å²) in [6.45, 7) is 0.412. The largest absolute Gasteiger partial charge is 1.00 e. The van der Waals surface area contributed by atoms with Crippen LogP contribution in [0.5, 0.6) is 5.75 Å². The van der Waals surface area contributed by atoms with Crippen molar-refractivity contribution in [1.29, 1.82) is 0 Å². The summed E-state index contributed by atoms with van der Waals surface area (Å²) in [4.78, 5) is 9.75. The maximum Gasteiger partial charge on any atom is 1.00 e. The van der Waals surface area contributed by atoms with E-state index in [9.17, 15) is 4.79 Å². The average Bonchev–Trinajstić information content (AvgIpc) is 1.91. The minimum atomic E-state index is 0. The van der Waals surface area contributed by atoms with Crippen LogP contribution in [-0.2, 0) is 4.79 Å². The van der Waals surface area contributed by atoms with E-state index in [1.54, 1.807) is 24.3 Å². The van der Waals surface area contributed by atoms with Gasteiger partial charge in [0.15, 0.2) is 0 Å². The molecular weight excluding hydrogens is 139 g/mol. The molecule has 2 nitrogen and oxygen atoms in total. The summed E-state index contributed by atoms with van der Waals surface area (Å²) in [6.07, 6.45) is 0. The molecule has 1 aromatic carbocycles. The van der Waals surface area contributed by atoms with Crippen molar-refractivity contribution in [2.75, 3.05) is 0 Å². The van der Waals surface area contributed by atoms with Crippen LogP contribution >= 0.6 is 0 Å². The van der Waals surface area contributed by atoms with Gasteiger partial charge in [-0.05, 0) is 12.1 Å². The van der Waals surface area contributed by atoms with Crippen molar-refractivity contribution in [3.63, 3.8) is 0 Å². The fourth-order valence-electron chi connectivity index (χ4n) is 0.555. The van der Waals surface area contributed by atoms with Crippen LogP contribution in [0.25, 0.3) is 0 Å². The fourth-order valence-corrected chi connectivity index (χ4v) is 0.555. The van der Waals surface area contributed by atoms with Gasteiger partial charge < -0.3 is 6.16 Å². The van der Waals surface area contributed by atoms with Crippen LogP contribution in [0.2, 0.25) is 0 Å². The van der Waals surface area contributed by atoms with E-state index in [4.69, 9.17) is 0 Å². The van der Waals surface area contributed by atoms with Crippen LogP contribution in [0.3, 0.4) is 0 Å². The van der Waals surface area contributed by atoms with Crippen molar-refractivity contribution in [3.8, 4) is 5.75 Å². The molecule has 0 heterocycles. The number of hydrogen-bond donors (Lipinski definition) is 0. The smallest absolute Gasteiger partial charge is 1.00 e. The van der Waals surface area contributed by atoms with Crippen molar-refractivity contribution in [2.45, 2.75) is 0 Å². The Morgan fingerprint density at radius 2 is 1.90 bits per heavy atom. The molecule has 0 N–H and O–H groups in total. The first-order chi connectivity index (χ1) is 4.43. The second-order valence-corrected chi connectivity index (χ2v) is 1.53. The van der Waals surface area contributed by atoms with Crippen molar-refractivity contribution >= 4 is 6.47 Å². The second kappa shape index (κ2) is 5.47. The minimum absolute atomic E-state index is 0. The summed E-state index contributed by atoms with van der Waals surface area (Å²) in [5.41, 5.74) is 0. The van der Waals surface area contributed by atoms with E-state index in [-0.39, 0.29) is 31.0 Å². The Hall–Kier alpha value is -0.310. The number of benzene rings is 1. The van der Waals surface area contributed by atoms with E-state index < -0.39 is 0 Å². The average molecular weight is 146 g/mol. The molecule has 0 saturated heterocycles. The van der Waals surface area contributed by atoms with E-state index in [1.807, 2.05) is 6.07 Å². The molecule has 0 aromatic heterocycles. The normalized spacial score (nSPS) is 7.60. The van der Waals surface area contributed by atoms with Crippen LogP contribution in [0.4, 0.5) is 0 Å². The predicted molar refractivity (Wildman–Crippen MR) is 34.2 cm³/mol. The van der Waals surface area contributed by atoms with Gasteiger partial charge in [0.2, 0.25) is 0 Å². The summed E-state index contributed by atoms with van der Waals surface area (Å²) in [7, 11) is 0. The molecule has 0 saturated carbocycles. The van der Waals surface area contributed by atoms with Crippen LogP contribution in [-0.4, -0.2) is 6.47 Å². The van der Waals surface area contributed by atoms with Crippen molar-refractivity contribution < 1.29 is 40.5 Å². The molecule has 3 heteroatoms. The van der Waals surface area contributed by atoms with Gasteiger partial charge in [0.1, 0.15) is 5.75 Å². The summed E-state index contributed by atoms with van der Waals surface area (Å²) in [6, 6.07) is 8.90. The Labute approximate surface area is 83.0 Å². The van der Waals surface area contributed by atoms with Crippen molar-refractivity contribution in [3.05, 3.63) is 30.3 Å². The van der Waals surface area contributed by atoms with Crippen molar-refractivity contribution in [1.82, 2.24) is 0 Å². The molecule has 10 heavy (non-hydrogen) atoms. The third-order valence-corrected chi connectivity index (χ3v) is 0.927. The Morgan fingerprint density at radius 3 is 2.40 bits per heavy atom. The van der Waals surface area contributed by atoms with E-state index in [1.165, 1.54) is 0 Å². The molecule has 48 valence electrons. The van der Waals surface area contributed by atoms with Gasteiger partial charge in [-0.25, -0.2) is 0 Å². The van der Waals surface area contributed by atoms with Crippen LogP contribution in [0, 0.1) is 0 Å². The summed E-state index contributed by atoms with van der Waals surface area (Å²) >= 11 is 0. The summed E-state index contributed by atoms with van der Waals surface area (Å²) in [5.74, 6) is 0.576. The monoisotopic (exact) mass is 146 g/mol. The first-order valence-corrected chi connectivity index (χ1v) is 2.59. The molecule has 0 radical (unpaired) electrons. The van der Waals surface area contributed by atoms with Gasteiger partial charge in [0, 0.05) is 0 Å². The van der Waals surface area contributed by atoms with Gasteiger partial charge in [0.25, 0.3) is 6.47 Å². The molecule has 0 spiro atoms. The van der Waals surface area contributed by atoms with Gasteiger partial charge in [0.05, 0.1) is 0 Å². The molecule has 0 amide bonds. The quantitative estimate of drug-likeness (QED) is 0.368. The molecule has 0 aliphatic carbocycles. The van der Waals surface area contributed by atoms with Gasteiger partial charge in [-0.1, -0.05) is 18.2 Å². The molecule has 0 unspecified atom stereocenters. The number of carbonyl (C=O) groups is 1. The first-order valence-electron chi connectivity index (χ1n) is 2.59. The first kappa shape index (κ1) is 9.69. The van der Waals surface area contributed by atoms with E-state index in [2.05, 4.69) is 4.74 Å². The standard InChI is InChI=1S/C7H6O2.Na.H/c8-6-9-7-4-2-1-3-5-7;;/h1-6H;;/q;+1;-1. The molecule has 0 fully saturated rings. The molecule has 0 bridgehead atoms. The zero-order valence-electron chi connectivity index (χ0n) is 6.78. The number of rotatable bonds is 2. The van der Waals surface area contributed by atoms with E-state index >= 15 is 0 Å². The van der Waals surface area contributed by atoms with Crippen LogP contribution in [0.15, 0.2) is 30.3 Å². The number of ether oxygens (including phenoxy) is 1. The topological polar surface area (TPSA) is 26.3 Å². The third-order valence-electron chi connectivity index (χ3n) is 0.927. The number of para-hydroxylation sites is 1. The Morgan fingerprint density at radius 1 is 1.30 bits per heavy atom. The SMILES string of the molecule is O=COc1ccccc1.[H-].[Na+]. The zero-order valence-corrected chi connectivity index (χ0v) is 7.78. The Balaban J connectivity index is 0. The van der Waals surface area contributed by atoms with E-state index in [0.717, 1.165) is 0 Å². The van der Waals surface area contributed by atoms with Gasteiger partial charge >= 0.3 is 29.6 Å². The number of carbonyl (C=O) groups excluding carboxylic acids is 1. The minimum Gasteiger partial charge on any atom is -1.00 e. The molecular formula is C7H7NaO2. The maximum absolute atomic E-state index is 9.75. The van der Waals surface area contributed by atoms with Gasteiger partial charge in [-0.3, -0.25) is 4.79 Å². The van der Waals surface area contributed by atoms with Crippen molar-refractivity contribution in [2.24, 2.45) is 0 Å². The maximum atomic E-state index is 9.75. The zero-order chi connectivity index (χ0) is 6.53. The summed E-state index contributed by atoms with van der Waals surface area (Å²) < 4.78 is 4.53. The fraction of sp³-hybridized carbons (Fsp3) is 0. The number of hydrogen-bond acceptors (Lipinski definition) is 2. The second-order valence-electron chi connectivity index (χ2n) is 1.53. The molecule has 0 aliphatic heterocycles. The Bertz CT molecular complexity index is 191. The van der Waals surface area contributed by atoms with E-state index in [0.29, 0.717) is 12.2 Å². The molecule has 0 aliphatic rings. The molecule has 0 atom stereocenters. The third kappa shape index (κ3) is 3.01. The molecule has 1 aromatic rings. The molecule has 1 rings (SSSR count). The van der Waals surface area contributed by atoms with Gasteiger partial charge in [-0.2, -0.15) is 0 Å². The van der Waals surface area contributed by atoms with Crippen LogP contribution < -0.4 is 34.3 Å². The van der Waals surface area contributed by atoms with Gasteiger partial charge in [-0.15, -0.1) is 0 Å².